The molecule has 0 rings (SSSR count). The summed E-state index contributed by atoms with van der Waals surface area (Å²) in [6, 6.07) is 0. The number of unbranched alkanes of at least 4 members (excludes halogenated alkanes) is 7. The van der Waals surface area contributed by atoms with Crippen LogP contribution in [0.5, 0.6) is 0 Å². The summed E-state index contributed by atoms with van der Waals surface area (Å²) >= 11 is 11.6. The first-order valence-electron chi connectivity index (χ1n) is 5.69. The molecule has 83 valence electrons. The van der Waals surface area contributed by atoms with Crippen molar-refractivity contribution < 1.29 is 0 Å². The first kappa shape index (κ1) is 14.8. The van der Waals surface area contributed by atoms with Crippen molar-refractivity contribution in [1.82, 2.24) is 0 Å². The van der Waals surface area contributed by atoms with Crippen LogP contribution in [0, 0.1) is 0 Å². The van der Waals surface area contributed by atoms with Crippen molar-refractivity contribution in [2.45, 2.75) is 68.7 Å². The van der Waals surface area contributed by atoms with Crippen LogP contribution < -0.4 is 0 Å². The molecular formula is C11H21Cl2Si. The fourth-order valence-electron chi connectivity index (χ4n) is 1.48. The van der Waals surface area contributed by atoms with Gasteiger partial charge in [-0.05, 0) is 6.42 Å². The van der Waals surface area contributed by atoms with Gasteiger partial charge in [0.2, 0.25) is 0 Å². The van der Waals surface area contributed by atoms with Crippen molar-refractivity contribution in [3.63, 3.8) is 0 Å². The first-order valence-corrected chi connectivity index (χ1v) is 6.94. The van der Waals surface area contributed by atoms with E-state index in [0.717, 1.165) is 12.8 Å². The fourth-order valence-corrected chi connectivity index (χ4v) is 1.92. The molecule has 0 fully saturated rings. The Morgan fingerprint density at radius 3 is 1.71 bits per heavy atom. The van der Waals surface area contributed by atoms with E-state index < -0.39 is 3.96 Å². The molecule has 0 saturated heterocycles. The molecule has 0 aromatic carbocycles. The van der Waals surface area contributed by atoms with Crippen LogP contribution >= 0.6 is 23.2 Å². The van der Waals surface area contributed by atoms with Gasteiger partial charge in [-0.1, -0.05) is 58.3 Å². The normalized spacial score (nSPS) is 12.0. The highest BCUT2D eigenvalue weighted by Gasteiger charge is 2.14. The first-order chi connectivity index (χ1) is 6.56. The summed E-state index contributed by atoms with van der Waals surface area (Å²) in [6.07, 6.45) is 11.4. The Hall–Kier alpha value is 0.797. The Labute approximate surface area is 102 Å². The van der Waals surface area contributed by atoms with Gasteiger partial charge in [-0.15, -0.1) is 23.2 Å². The highest BCUT2D eigenvalue weighted by Crippen LogP contribution is 2.23. The maximum absolute atomic E-state index is 5.79. The van der Waals surface area contributed by atoms with Gasteiger partial charge in [-0.25, -0.2) is 0 Å². The van der Waals surface area contributed by atoms with Gasteiger partial charge < -0.3 is 0 Å². The van der Waals surface area contributed by atoms with Gasteiger partial charge in [0.25, 0.3) is 0 Å². The fraction of sp³-hybridized carbons (Fsp3) is 1.00. The van der Waals surface area contributed by atoms with Crippen molar-refractivity contribution in [2.75, 3.05) is 0 Å². The number of hydrogen-bond donors (Lipinski definition) is 0. The predicted octanol–water partition coefficient (Wildman–Crippen LogP) is 4.82. The molecule has 3 radical (unpaired) electrons. The molecule has 0 atom stereocenters. The van der Waals surface area contributed by atoms with Gasteiger partial charge >= 0.3 is 0 Å². The van der Waals surface area contributed by atoms with Crippen LogP contribution in [0.2, 0.25) is 0 Å². The van der Waals surface area contributed by atoms with Gasteiger partial charge in [-0.3, -0.25) is 0 Å². The van der Waals surface area contributed by atoms with Crippen molar-refractivity contribution in [3.05, 3.63) is 0 Å². The van der Waals surface area contributed by atoms with Crippen LogP contribution in [0.3, 0.4) is 0 Å². The van der Waals surface area contributed by atoms with Crippen LogP contribution in [0.25, 0.3) is 0 Å². The zero-order valence-electron chi connectivity index (χ0n) is 9.12. The molecular weight excluding hydrogens is 231 g/mol. The second kappa shape index (κ2) is 9.05. The highest BCUT2D eigenvalue weighted by atomic mass is 35.5. The Morgan fingerprint density at radius 2 is 1.29 bits per heavy atom. The Balaban J connectivity index is 2.99. The summed E-state index contributed by atoms with van der Waals surface area (Å²) < 4.78 is -0.706. The lowest BCUT2D eigenvalue weighted by Crippen LogP contribution is -2.11. The molecule has 0 unspecified atom stereocenters. The van der Waals surface area contributed by atoms with E-state index in [9.17, 15) is 0 Å². The molecule has 0 aliphatic heterocycles. The van der Waals surface area contributed by atoms with E-state index in [2.05, 4.69) is 17.2 Å². The zero-order valence-corrected chi connectivity index (χ0v) is 11.6. The van der Waals surface area contributed by atoms with Gasteiger partial charge in [0.05, 0.1) is 14.2 Å². The molecule has 0 spiro atoms. The molecule has 3 heteroatoms. The van der Waals surface area contributed by atoms with Crippen molar-refractivity contribution >= 4 is 33.4 Å². The minimum atomic E-state index is -0.706. The number of alkyl halides is 2. The second-order valence-electron chi connectivity index (χ2n) is 3.93. The van der Waals surface area contributed by atoms with Gasteiger partial charge in [-0.2, -0.15) is 0 Å². The minimum Gasteiger partial charge on any atom is -0.107 e. The van der Waals surface area contributed by atoms with Gasteiger partial charge in [0.15, 0.2) is 0 Å². The average Bonchev–Trinajstić information content (AvgIpc) is 2.08. The van der Waals surface area contributed by atoms with Crippen molar-refractivity contribution in [3.8, 4) is 0 Å². The van der Waals surface area contributed by atoms with E-state index >= 15 is 0 Å². The van der Waals surface area contributed by atoms with E-state index in [0.29, 0.717) is 0 Å². The number of halogens is 2. The van der Waals surface area contributed by atoms with Crippen LogP contribution in [-0.2, 0) is 0 Å². The Morgan fingerprint density at radius 1 is 0.857 bits per heavy atom. The maximum Gasteiger partial charge on any atom is 0.0998 e. The number of rotatable bonds is 9. The lowest BCUT2D eigenvalue weighted by atomic mass is 10.1. The summed E-state index contributed by atoms with van der Waals surface area (Å²) in [5, 5.41) is 0. The second-order valence-corrected chi connectivity index (χ2v) is 6.90. The van der Waals surface area contributed by atoms with Gasteiger partial charge in [0, 0.05) is 0 Å². The summed E-state index contributed by atoms with van der Waals surface area (Å²) in [4.78, 5) is 0. The summed E-state index contributed by atoms with van der Waals surface area (Å²) in [5.41, 5.74) is 0. The molecule has 0 aromatic heterocycles. The third kappa shape index (κ3) is 12.8. The molecule has 0 bridgehead atoms. The molecule has 0 aromatic rings. The smallest absolute Gasteiger partial charge is 0.0998 e. The Bertz CT molecular complexity index is 121. The van der Waals surface area contributed by atoms with Crippen LogP contribution in [0.15, 0.2) is 0 Å². The third-order valence-electron chi connectivity index (χ3n) is 2.34. The monoisotopic (exact) mass is 251 g/mol. The lowest BCUT2D eigenvalue weighted by molar-refractivity contribution is 0.567. The SMILES string of the molecule is CCCCCCCCCCC([Si])(Cl)Cl. The summed E-state index contributed by atoms with van der Waals surface area (Å²) in [6.45, 7) is 2.25. The molecule has 14 heavy (non-hydrogen) atoms. The van der Waals surface area contributed by atoms with Crippen molar-refractivity contribution in [1.29, 1.82) is 0 Å². The molecule has 0 nitrogen and oxygen atoms in total. The minimum absolute atomic E-state index is 0.706. The maximum atomic E-state index is 5.79. The Kier molecular flexibility index (Phi) is 9.57. The predicted molar refractivity (Wildman–Crippen MR) is 67.4 cm³/mol. The van der Waals surface area contributed by atoms with Crippen molar-refractivity contribution in [2.24, 2.45) is 0 Å². The average molecular weight is 252 g/mol. The zero-order chi connectivity index (χ0) is 10.9. The quantitative estimate of drug-likeness (QED) is 0.313. The number of hydrogen-bond acceptors (Lipinski definition) is 0. The van der Waals surface area contributed by atoms with Crippen LogP contribution in [0.1, 0.15) is 64.7 Å². The van der Waals surface area contributed by atoms with E-state index in [1.165, 1.54) is 44.9 Å². The summed E-state index contributed by atoms with van der Waals surface area (Å²) in [7, 11) is 3.26. The molecule has 0 saturated carbocycles. The largest absolute Gasteiger partial charge is 0.107 e. The molecule has 0 amide bonds. The highest BCUT2D eigenvalue weighted by molar-refractivity contribution is 6.65. The molecule has 0 heterocycles. The van der Waals surface area contributed by atoms with E-state index in [4.69, 9.17) is 23.2 Å². The summed E-state index contributed by atoms with van der Waals surface area (Å²) in [5.74, 6) is 0. The van der Waals surface area contributed by atoms with Crippen LogP contribution in [-0.4, -0.2) is 14.2 Å². The molecule has 0 aliphatic rings. The van der Waals surface area contributed by atoms with Gasteiger partial charge in [0.1, 0.15) is 0 Å². The molecule has 0 aliphatic carbocycles. The molecule has 0 N–H and O–H groups in total. The standard InChI is InChI=1S/C11H21Cl2Si/c1-2-3-4-5-6-7-8-9-10-11(12,13)14/h2-10H2,1H3. The van der Waals surface area contributed by atoms with Crippen LogP contribution in [0.4, 0.5) is 0 Å². The lowest BCUT2D eigenvalue weighted by Gasteiger charge is -2.11. The third-order valence-corrected chi connectivity index (χ3v) is 2.97. The van der Waals surface area contributed by atoms with E-state index in [1.54, 1.807) is 0 Å². The topological polar surface area (TPSA) is 0 Å². The van der Waals surface area contributed by atoms with E-state index in [1.807, 2.05) is 0 Å². The van der Waals surface area contributed by atoms with E-state index in [-0.39, 0.29) is 0 Å².